The second kappa shape index (κ2) is 11.5. The third-order valence-electron chi connectivity index (χ3n) is 5.63. The topological polar surface area (TPSA) is 100 Å². The maximum atomic E-state index is 13.5. The van der Waals surface area contributed by atoms with Gasteiger partial charge in [0.05, 0.1) is 25.8 Å². The van der Waals surface area contributed by atoms with Crippen LogP contribution in [0.1, 0.15) is 23.7 Å². The number of thiocarbonyl (C=S) groups is 1. The quantitative estimate of drug-likeness (QED) is 0.416. The first-order valence-electron chi connectivity index (χ1n) is 11.6. The molecule has 3 aromatic rings. The van der Waals surface area contributed by atoms with Crippen LogP contribution < -0.4 is 25.1 Å². The summed E-state index contributed by atoms with van der Waals surface area (Å²) in [6.45, 7) is 2.42. The molecule has 0 bridgehead atoms. The molecule has 1 heterocycles. The normalized spacial score (nSPS) is 14.9. The van der Waals surface area contributed by atoms with Crippen LogP contribution in [0.15, 0.2) is 78.9 Å². The molecule has 0 saturated carbocycles. The van der Waals surface area contributed by atoms with Crippen molar-refractivity contribution in [3.8, 4) is 11.5 Å². The summed E-state index contributed by atoms with van der Waals surface area (Å²) in [5.74, 6) is -0.0148. The number of hydrazine groups is 1. The first-order valence-corrected chi connectivity index (χ1v) is 12.0. The number of carbonyl (C=O) groups excluding carboxylic acids is 3. The molecular formula is C27H26N4O5S. The van der Waals surface area contributed by atoms with E-state index in [0.29, 0.717) is 35.0 Å². The number of rotatable bonds is 9. The van der Waals surface area contributed by atoms with Gasteiger partial charge in [0.2, 0.25) is 11.0 Å². The van der Waals surface area contributed by atoms with Crippen LogP contribution >= 0.6 is 12.2 Å². The van der Waals surface area contributed by atoms with Gasteiger partial charge in [-0.05, 0) is 79.8 Å². The predicted octanol–water partition coefficient (Wildman–Crippen LogP) is 3.77. The van der Waals surface area contributed by atoms with Gasteiger partial charge < -0.3 is 14.8 Å². The molecule has 1 atom stereocenters. The van der Waals surface area contributed by atoms with Gasteiger partial charge in [-0.25, -0.2) is 5.01 Å². The fourth-order valence-corrected chi connectivity index (χ4v) is 4.19. The van der Waals surface area contributed by atoms with Crippen molar-refractivity contribution in [2.24, 2.45) is 0 Å². The van der Waals surface area contributed by atoms with E-state index in [0.717, 1.165) is 0 Å². The van der Waals surface area contributed by atoms with E-state index in [-0.39, 0.29) is 11.5 Å². The van der Waals surface area contributed by atoms with Gasteiger partial charge in [-0.1, -0.05) is 18.2 Å². The van der Waals surface area contributed by atoms with Gasteiger partial charge in [0.15, 0.2) is 0 Å². The molecule has 0 radical (unpaired) electrons. The van der Waals surface area contributed by atoms with Crippen LogP contribution in [0.3, 0.4) is 0 Å². The molecule has 1 unspecified atom stereocenters. The van der Waals surface area contributed by atoms with Crippen molar-refractivity contribution >= 4 is 46.4 Å². The Hall–Kier alpha value is -4.44. The lowest BCUT2D eigenvalue weighted by Crippen LogP contribution is -2.49. The molecule has 37 heavy (non-hydrogen) atoms. The minimum atomic E-state index is -1.05. The molecule has 0 aromatic heterocycles. The Bertz CT molecular complexity index is 1280. The van der Waals surface area contributed by atoms with Gasteiger partial charge in [0.25, 0.3) is 11.8 Å². The van der Waals surface area contributed by atoms with Crippen LogP contribution in [-0.4, -0.2) is 47.6 Å². The minimum absolute atomic E-state index is 0.0540. The van der Waals surface area contributed by atoms with Crippen molar-refractivity contribution in [3.63, 3.8) is 0 Å². The van der Waals surface area contributed by atoms with E-state index in [4.69, 9.17) is 21.7 Å². The molecule has 190 valence electrons. The second-order valence-corrected chi connectivity index (χ2v) is 8.42. The fraction of sp³-hybridized carbons (Fsp3) is 0.185. The summed E-state index contributed by atoms with van der Waals surface area (Å²) >= 11 is 5.59. The highest BCUT2D eigenvalue weighted by molar-refractivity contribution is 7.80. The van der Waals surface area contributed by atoms with Crippen molar-refractivity contribution in [1.82, 2.24) is 10.4 Å². The summed E-state index contributed by atoms with van der Waals surface area (Å²) in [6.07, 6.45) is -0.242. The molecule has 3 aromatic carbocycles. The maximum Gasteiger partial charge on any atom is 0.269 e. The van der Waals surface area contributed by atoms with Crippen molar-refractivity contribution < 1.29 is 23.9 Å². The number of nitrogens with zero attached hydrogens (tertiary/aromatic N) is 2. The summed E-state index contributed by atoms with van der Waals surface area (Å²) in [6, 6.07) is 21.2. The number of hydrogen-bond acceptors (Lipinski definition) is 6. The average Bonchev–Trinajstić information content (AvgIpc) is 3.14. The smallest absolute Gasteiger partial charge is 0.269 e. The number of amides is 3. The van der Waals surface area contributed by atoms with Gasteiger partial charge in [-0.2, -0.15) is 0 Å². The lowest BCUT2D eigenvalue weighted by molar-refractivity contribution is -0.124. The minimum Gasteiger partial charge on any atom is -0.497 e. The van der Waals surface area contributed by atoms with Crippen LogP contribution in [0.5, 0.6) is 11.5 Å². The lowest BCUT2D eigenvalue weighted by atomic mass is 10.1. The SMILES string of the molecule is CCOc1ccc(NC(=O)CC2C(=O)N(c3ccc(OC)cc3)C(=S)N2NC(=O)c2ccccc2)cc1. The Labute approximate surface area is 219 Å². The van der Waals surface area contributed by atoms with Crippen LogP contribution in [0.2, 0.25) is 0 Å². The van der Waals surface area contributed by atoms with Crippen LogP contribution in [0.4, 0.5) is 11.4 Å². The molecule has 1 aliphatic rings. The first kappa shape index (κ1) is 25.6. The Morgan fingerprint density at radius 2 is 1.59 bits per heavy atom. The van der Waals surface area contributed by atoms with Gasteiger partial charge in [-0.3, -0.25) is 24.7 Å². The Morgan fingerprint density at radius 3 is 2.22 bits per heavy atom. The Morgan fingerprint density at radius 1 is 0.946 bits per heavy atom. The molecular weight excluding hydrogens is 492 g/mol. The molecule has 10 heteroatoms. The monoisotopic (exact) mass is 518 g/mol. The lowest BCUT2D eigenvalue weighted by Gasteiger charge is -2.24. The molecule has 0 aliphatic carbocycles. The molecule has 9 nitrogen and oxygen atoms in total. The van der Waals surface area contributed by atoms with Crippen molar-refractivity contribution in [3.05, 3.63) is 84.4 Å². The summed E-state index contributed by atoms with van der Waals surface area (Å²) in [5, 5.41) is 4.11. The van der Waals surface area contributed by atoms with Crippen molar-refractivity contribution in [1.29, 1.82) is 0 Å². The largest absolute Gasteiger partial charge is 0.497 e. The summed E-state index contributed by atoms with van der Waals surface area (Å²) in [7, 11) is 1.54. The number of anilines is 2. The number of nitrogens with one attached hydrogen (secondary N) is 2. The third kappa shape index (κ3) is 5.87. The summed E-state index contributed by atoms with van der Waals surface area (Å²) < 4.78 is 10.6. The number of carbonyl (C=O) groups is 3. The van der Waals surface area contributed by atoms with E-state index in [9.17, 15) is 14.4 Å². The highest BCUT2D eigenvalue weighted by Gasteiger charge is 2.45. The van der Waals surface area contributed by atoms with Gasteiger partial charge in [-0.15, -0.1) is 0 Å². The zero-order valence-corrected chi connectivity index (χ0v) is 21.2. The molecule has 0 spiro atoms. The molecule has 1 fully saturated rings. The maximum absolute atomic E-state index is 13.5. The number of hydrogen-bond donors (Lipinski definition) is 2. The first-order chi connectivity index (χ1) is 17.9. The highest BCUT2D eigenvalue weighted by Crippen LogP contribution is 2.28. The van der Waals surface area contributed by atoms with Crippen LogP contribution in [-0.2, 0) is 9.59 Å². The van der Waals surface area contributed by atoms with Gasteiger partial charge >= 0.3 is 0 Å². The number of ether oxygens (including phenoxy) is 2. The Balaban J connectivity index is 1.56. The van der Waals surface area contributed by atoms with E-state index < -0.39 is 23.8 Å². The highest BCUT2D eigenvalue weighted by atomic mass is 32.1. The zero-order chi connectivity index (χ0) is 26.4. The number of benzene rings is 3. The van der Waals surface area contributed by atoms with Crippen molar-refractivity contribution in [2.45, 2.75) is 19.4 Å². The molecule has 2 N–H and O–H groups in total. The number of methoxy groups -OCH3 is 1. The van der Waals surface area contributed by atoms with E-state index in [2.05, 4.69) is 10.7 Å². The van der Waals surface area contributed by atoms with Crippen molar-refractivity contribution in [2.75, 3.05) is 23.9 Å². The van der Waals surface area contributed by atoms with E-state index in [1.807, 2.05) is 6.92 Å². The van der Waals surface area contributed by atoms with Gasteiger partial charge in [0.1, 0.15) is 17.5 Å². The average molecular weight is 519 g/mol. The van der Waals surface area contributed by atoms with Gasteiger partial charge in [0, 0.05) is 11.3 Å². The molecule has 1 aliphatic heterocycles. The fourth-order valence-electron chi connectivity index (χ4n) is 3.82. The summed E-state index contributed by atoms with van der Waals surface area (Å²) in [4.78, 5) is 40.7. The Kier molecular flexibility index (Phi) is 7.99. The summed E-state index contributed by atoms with van der Waals surface area (Å²) in [5.41, 5.74) is 4.13. The zero-order valence-electron chi connectivity index (χ0n) is 20.3. The standard InChI is InChI=1S/C27H26N4O5S/c1-3-36-22-13-9-19(10-14-22)28-24(32)17-23-26(34)30(20-11-15-21(35-2)16-12-20)27(37)31(23)29-25(33)18-7-5-4-6-8-18/h4-16,23H,3,17H2,1-2H3,(H,28,32)(H,29,33). The van der Waals surface area contributed by atoms with Crippen LogP contribution in [0.25, 0.3) is 0 Å². The van der Waals surface area contributed by atoms with E-state index in [1.165, 1.54) is 9.91 Å². The predicted molar refractivity (Wildman–Crippen MR) is 143 cm³/mol. The third-order valence-corrected chi connectivity index (χ3v) is 6.01. The van der Waals surface area contributed by atoms with Crippen LogP contribution in [0, 0.1) is 0 Å². The molecule has 1 saturated heterocycles. The van der Waals surface area contributed by atoms with E-state index >= 15 is 0 Å². The molecule has 3 amide bonds. The molecule has 4 rings (SSSR count). The second-order valence-electron chi connectivity index (χ2n) is 8.06. The van der Waals surface area contributed by atoms with E-state index in [1.54, 1.807) is 86.0 Å².